The molecule has 0 spiro atoms. The Balaban J connectivity index is 1.44. The second kappa shape index (κ2) is 8.52. The molecule has 0 radical (unpaired) electrons. The molecule has 1 aliphatic heterocycles. The molecule has 1 saturated heterocycles. The van der Waals surface area contributed by atoms with E-state index in [1.807, 2.05) is 66.4 Å². The molecule has 2 aromatic rings. The fourth-order valence-corrected chi connectivity index (χ4v) is 3.07. The molecule has 1 fully saturated rings. The predicted molar refractivity (Wildman–Crippen MR) is 100.0 cm³/mol. The molecule has 1 aliphatic rings. The Morgan fingerprint density at radius 1 is 0.885 bits per heavy atom. The zero-order valence-electron chi connectivity index (χ0n) is 15.1. The first-order valence-corrected chi connectivity index (χ1v) is 8.91. The second-order valence-electron chi connectivity index (χ2n) is 6.53. The summed E-state index contributed by atoms with van der Waals surface area (Å²) in [6.07, 6.45) is 0.409. The number of benzene rings is 2. The topological polar surface area (TPSA) is 49.9 Å². The molecule has 0 aromatic heterocycles. The van der Waals surface area contributed by atoms with Gasteiger partial charge < -0.3 is 14.5 Å². The number of carbonyl (C=O) groups excluding carboxylic acids is 2. The number of amides is 2. The number of rotatable bonds is 5. The first-order chi connectivity index (χ1) is 12.6. The van der Waals surface area contributed by atoms with E-state index in [0.717, 1.165) is 11.1 Å². The van der Waals surface area contributed by atoms with Crippen molar-refractivity contribution >= 4 is 11.8 Å². The van der Waals surface area contributed by atoms with Crippen LogP contribution < -0.4 is 4.74 Å². The summed E-state index contributed by atoms with van der Waals surface area (Å²) >= 11 is 0. The normalized spacial score (nSPS) is 14.2. The summed E-state index contributed by atoms with van der Waals surface area (Å²) in [6, 6.07) is 17.3. The standard InChI is InChI=1S/C21H24N2O3/c1-17-6-5-7-18(14-17)15-20(24)22-10-12-23(13-11-22)21(25)16-26-19-8-3-2-4-9-19/h2-9,14H,10-13,15-16H2,1H3. The molecule has 0 atom stereocenters. The van der Waals surface area contributed by atoms with Gasteiger partial charge in [0.1, 0.15) is 5.75 Å². The van der Waals surface area contributed by atoms with Crippen LogP contribution in [0.3, 0.4) is 0 Å². The third-order valence-electron chi connectivity index (χ3n) is 4.53. The van der Waals surface area contributed by atoms with Gasteiger partial charge in [0, 0.05) is 26.2 Å². The van der Waals surface area contributed by atoms with Crippen LogP contribution in [0, 0.1) is 6.92 Å². The molecule has 0 bridgehead atoms. The molecule has 2 aromatic carbocycles. The zero-order valence-corrected chi connectivity index (χ0v) is 15.1. The van der Waals surface area contributed by atoms with E-state index in [1.165, 1.54) is 0 Å². The van der Waals surface area contributed by atoms with Crippen molar-refractivity contribution in [3.8, 4) is 5.75 Å². The molecule has 26 heavy (non-hydrogen) atoms. The van der Waals surface area contributed by atoms with E-state index in [9.17, 15) is 9.59 Å². The quantitative estimate of drug-likeness (QED) is 0.830. The maximum Gasteiger partial charge on any atom is 0.260 e. The summed E-state index contributed by atoms with van der Waals surface area (Å²) < 4.78 is 5.51. The van der Waals surface area contributed by atoms with Crippen LogP contribution in [0.15, 0.2) is 54.6 Å². The smallest absolute Gasteiger partial charge is 0.260 e. The highest BCUT2D eigenvalue weighted by Gasteiger charge is 2.24. The molecule has 5 nitrogen and oxygen atoms in total. The summed E-state index contributed by atoms with van der Waals surface area (Å²) in [4.78, 5) is 28.3. The van der Waals surface area contributed by atoms with Gasteiger partial charge in [0.25, 0.3) is 5.91 Å². The molecular formula is C21H24N2O3. The minimum atomic E-state index is -0.0420. The minimum absolute atomic E-state index is 0.0290. The first-order valence-electron chi connectivity index (χ1n) is 8.91. The summed E-state index contributed by atoms with van der Waals surface area (Å²) in [6.45, 7) is 4.30. The maximum absolute atomic E-state index is 12.5. The van der Waals surface area contributed by atoms with Gasteiger partial charge in [0.05, 0.1) is 6.42 Å². The van der Waals surface area contributed by atoms with Crippen LogP contribution in [0.25, 0.3) is 0 Å². The van der Waals surface area contributed by atoms with E-state index >= 15 is 0 Å². The van der Waals surface area contributed by atoms with Crippen LogP contribution in [-0.2, 0) is 16.0 Å². The van der Waals surface area contributed by atoms with Crippen molar-refractivity contribution in [1.82, 2.24) is 9.80 Å². The molecule has 0 aliphatic carbocycles. The summed E-state index contributed by atoms with van der Waals surface area (Å²) in [7, 11) is 0. The number of aryl methyl sites for hydroxylation is 1. The number of nitrogens with zero attached hydrogens (tertiary/aromatic N) is 2. The number of carbonyl (C=O) groups is 2. The van der Waals surface area contributed by atoms with Crippen LogP contribution in [-0.4, -0.2) is 54.4 Å². The number of ether oxygens (including phenoxy) is 1. The van der Waals surface area contributed by atoms with Gasteiger partial charge in [0.2, 0.25) is 5.91 Å². The van der Waals surface area contributed by atoms with Crippen LogP contribution in [0.4, 0.5) is 0 Å². The molecule has 2 amide bonds. The van der Waals surface area contributed by atoms with Crippen molar-refractivity contribution in [2.45, 2.75) is 13.3 Å². The Kier molecular flexibility index (Phi) is 5.89. The van der Waals surface area contributed by atoms with Crippen molar-refractivity contribution in [2.24, 2.45) is 0 Å². The fraction of sp³-hybridized carbons (Fsp3) is 0.333. The van der Waals surface area contributed by atoms with Crippen LogP contribution in [0.2, 0.25) is 0 Å². The Hall–Kier alpha value is -2.82. The Labute approximate surface area is 154 Å². The second-order valence-corrected chi connectivity index (χ2v) is 6.53. The van der Waals surface area contributed by atoms with Crippen LogP contribution >= 0.6 is 0 Å². The predicted octanol–water partition coefficient (Wildman–Crippen LogP) is 2.29. The Morgan fingerprint density at radius 3 is 2.19 bits per heavy atom. The Morgan fingerprint density at radius 2 is 1.54 bits per heavy atom. The number of hydrogen-bond acceptors (Lipinski definition) is 3. The van der Waals surface area contributed by atoms with Gasteiger partial charge in [0.15, 0.2) is 6.61 Å². The number of hydrogen-bond donors (Lipinski definition) is 0. The maximum atomic E-state index is 12.5. The van der Waals surface area contributed by atoms with Crippen molar-refractivity contribution < 1.29 is 14.3 Å². The molecule has 1 heterocycles. The van der Waals surface area contributed by atoms with E-state index in [0.29, 0.717) is 38.3 Å². The summed E-state index contributed by atoms with van der Waals surface area (Å²) in [5.41, 5.74) is 2.19. The largest absolute Gasteiger partial charge is 0.484 e. The first kappa shape index (κ1) is 18.0. The fourth-order valence-electron chi connectivity index (χ4n) is 3.07. The van der Waals surface area contributed by atoms with Gasteiger partial charge >= 0.3 is 0 Å². The summed E-state index contributed by atoms with van der Waals surface area (Å²) in [5.74, 6) is 0.760. The average Bonchev–Trinajstić information content (AvgIpc) is 2.67. The molecule has 0 saturated carbocycles. The van der Waals surface area contributed by atoms with Crippen LogP contribution in [0.5, 0.6) is 5.75 Å². The van der Waals surface area contributed by atoms with Crippen molar-refractivity contribution in [2.75, 3.05) is 32.8 Å². The molecule has 5 heteroatoms. The van der Waals surface area contributed by atoms with Gasteiger partial charge in [-0.2, -0.15) is 0 Å². The number of piperazine rings is 1. The lowest BCUT2D eigenvalue weighted by Gasteiger charge is -2.34. The zero-order chi connectivity index (χ0) is 18.4. The van der Waals surface area contributed by atoms with Gasteiger partial charge in [-0.25, -0.2) is 0 Å². The number of para-hydroxylation sites is 1. The minimum Gasteiger partial charge on any atom is -0.484 e. The van der Waals surface area contributed by atoms with Gasteiger partial charge in [-0.15, -0.1) is 0 Å². The molecule has 3 rings (SSSR count). The molecule has 0 unspecified atom stereocenters. The third kappa shape index (κ3) is 4.85. The van der Waals surface area contributed by atoms with Gasteiger partial charge in [-0.3, -0.25) is 9.59 Å². The highest BCUT2D eigenvalue weighted by Crippen LogP contribution is 2.11. The van der Waals surface area contributed by atoms with Crippen molar-refractivity contribution in [3.05, 3.63) is 65.7 Å². The molecule has 0 N–H and O–H groups in total. The SMILES string of the molecule is Cc1cccc(CC(=O)N2CCN(C(=O)COc3ccccc3)CC2)c1. The molecular weight excluding hydrogens is 328 g/mol. The lowest BCUT2D eigenvalue weighted by atomic mass is 10.1. The van der Waals surface area contributed by atoms with Gasteiger partial charge in [-0.1, -0.05) is 48.0 Å². The lowest BCUT2D eigenvalue weighted by molar-refractivity contribution is -0.140. The van der Waals surface area contributed by atoms with Crippen LogP contribution in [0.1, 0.15) is 11.1 Å². The highest BCUT2D eigenvalue weighted by atomic mass is 16.5. The van der Waals surface area contributed by atoms with Crippen molar-refractivity contribution in [1.29, 1.82) is 0 Å². The lowest BCUT2D eigenvalue weighted by Crippen LogP contribution is -2.52. The third-order valence-corrected chi connectivity index (χ3v) is 4.53. The Bertz CT molecular complexity index is 753. The van der Waals surface area contributed by atoms with Gasteiger partial charge in [-0.05, 0) is 24.6 Å². The molecule has 136 valence electrons. The monoisotopic (exact) mass is 352 g/mol. The average molecular weight is 352 g/mol. The summed E-state index contributed by atoms with van der Waals surface area (Å²) in [5, 5.41) is 0. The van der Waals surface area contributed by atoms with E-state index in [1.54, 1.807) is 4.90 Å². The van der Waals surface area contributed by atoms with E-state index < -0.39 is 0 Å². The van der Waals surface area contributed by atoms with E-state index in [-0.39, 0.29) is 18.4 Å². The highest BCUT2D eigenvalue weighted by molar-refractivity contribution is 5.80. The van der Waals surface area contributed by atoms with E-state index in [2.05, 4.69) is 0 Å². The van der Waals surface area contributed by atoms with E-state index in [4.69, 9.17) is 4.74 Å². The van der Waals surface area contributed by atoms with Crippen molar-refractivity contribution in [3.63, 3.8) is 0 Å².